The third-order valence-electron chi connectivity index (χ3n) is 3.15. The highest BCUT2D eigenvalue weighted by Gasteiger charge is 2.22. The minimum Gasteiger partial charge on any atom is -0.380 e. The molecule has 0 amide bonds. The SMILES string of the molecule is CCOCCN(CC)CC(C)(CC)CN. The fraction of sp³-hybridized carbons (Fsp3) is 1.00. The smallest absolute Gasteiger partial charge is 0.0593 e. The van der Waals surface area contributed by atoms with Gasteiger partial charge in [0.1, 0.15) is 0 Å². The number of nitrogens with two attached hydrogens (primary N) is 1. The van der Waals surface area contributed by atoms with Crippen LogP contribution in [0.4, 0.5) is 0 Å². The Morgan fingerprint density at radius 3 is 2.33 bits per heavy atom. The van der Waals surface area contributed by atoms with Crippen LogP contribution in [-0.4, -0.2) is 44.3 Å². The minimum atomic E-state index is 0.252. The van der Waals surface area contributed by atoms with E-state index in [-0.39, 0.29) is 5.41 Å². The molecule has 3 heteroatoms. The van der Waals surface area contributed by atoms with Crippen molar-refractivity contribution in [3.8, 4) is 0 Å². The molecule has 0 saturated carbocycles. The van der Waals surface area contributed by atoms with Gasteiger partial charge in [-0.05, 0) is 31.8 Å². The number of nitrogens with zero attached hydrogens (tertiary/aromatic N) is 1. The third-order valence-corrected chi connectivity index (χ3v) is 3.15. The molecule has 0 aliphatic carbocycles. The Morgan fingerprint density at radius 1 is 1.27 bits per heavy atom. The molecule has 92 valence electrons. The number of hydrogen-bond donors (Lipinski definition) is 1. The first-order valence-electron chi connectivity index (χ1n) is 6.12. The van der Waals surface area contributed by atoms with Gasteiger partial charge in [-0.1, -0.05) is 20.8 Å². The van der Waals surface area contributed by atoms with Crippen LogP contribution in [0.1, 0.15) is 34.1 Å². The van der Waals surface area contributed by atoms with E-state index < -0.39 is 0 Å². The highest BCUT2D eigenvalue weighted by molar-refractivity contribution is 4.77. The molecule has 15 heavy (non-hydrogen) atoms. The summed E-state index contributed by atoms with van der Waals surface area (Å²) < 4.78 is 5.37. The molecule has 1 atom stereocenters. The lowest BCUT2D eigenvalue weighted by Gasteiger charge is -2.33. The van der Waals surface area contributed by atoms with Gasteiger partial charge in [0.05, 0.1) is 6.61 Å². The molecule has 3 nitrogen and oxygen atoms in total. The van der Waals surface area contributed by atoms with Crippen molar-refractivity contribution in [3.63, 3.8) is 0 Å². The molecule has 0 spiro atoms. The van der Waals surface area contributed by atoms with E-state index in [0.717, 1.165) is 45.8 Å². The predicted octanol–water partition coefficient (Wildman–Crippen LogP) is 1.72. The molecule has 0 rings (SSSR count). The summed E-state index contributed by atoms with van der Waals surface area (Å²) in [4.78, 5) is 2.42. The Hall–Kier alpha value is -0.120. The van der Waals surface area contributed by atoms with E-state index in [2.05, 4.69) is 25.7 Å². The van der Waals surface area contributed by atoms with Crippen LogP contribution in [0.2, 0.25) is 0 Å². The Balaban J connectivity index is 3.95. The van der Waals surface area contributed by atoms with Gasteiger partial charge in [-0.25, -0.2) is 0 Å². The highest BCUT2D eigenvalue weighted by atomic mass is 16.5. The molecular weight excluding hydrogens is 188 g/mol. The van der Waals surface area contributed by atoms with E-state index >= 15 is 0 Å². The number of rotatable bonds is 9. The lowest BCUT2D eigenvalue weighted by atomic mass is 9.87. The first kappa shape index (κ1) is 14.9. The first-order chi connectivity index (χ1) is 7.11. The standard InChI is InChI=1S/C12H28N2O/c1-5-12(4,10-13)11-14(6-2)8-9-15-7-3/h5-11,13H2,1-4H3. The second-order valence-corrected chi connectivity index (χ2v) is 4.43. The molecular formula is C12H28N2O. The summed E-state index contributed by atoms with van der Waals surface area (Å²) in [6, 6.07) is 0. The lowest BCUT2D eigenvalue weighted by molar-refractivity contribution is 0.0939. The molecule has 1 unspecified atom stereocenters. The monoisotopic (exact) mass is 216 g/mol. The van der Waals surface area contributed by atoms with Crippen molar-refractivity contribution in [2.75, 3.05) is 39.4 Å². The number of hydrogen-bond acceptors (Lipinski definition) is 3. The van der Waals surface area contributed by atoms with Gasteiger partial charge in [-0.15, -0.1) is 0 Å². The van der Waals surface area contributed by atoms with E-state index in [1.165, 1.54) is 0 Å². The van der Waals surface area contributed by atoms with Gasteiger partial charge in [0.15, 0.2) is 0 Å². The van der Waals surface area contributed by atoms with Gasteiger partial charge in [-0.2, -0.15) is 0 Å². The summed E-state index contributed by atoms with van der Waals surface area (Å²) in [6.07, 6.45) is 1.13. The molecule has 0 saturated heterocycles. The Kier molecular flexibility index (Phi) is 8.02. The zero-order valence-electron chi connectivity index (χ0n) is 10.9. The summed E-state index contributed by atoms with van der Waals surface area (Å²) in [5, 5.41) is 0. The molecule has 0 aromatic rings. The Labute approximate surface area is 95.0 Å². The first-order valence-corrected chi connectivity index (χ1v) is 6.12. The zero-order valence-corrected chi connectivity index (χ0v) is 10.9. The van der Waals surface area contributed by atoms with Crippen molar-refractivity contribution < 1.29 is 4.74 Å². The summed E-state index contributed by atoms with van der Waals surface area (Å²) in [7, 11) is 0. The summed E-state index contributed by atoms with van der Waals surface area (Å²) in [5.74, 6) is 0. The minimum absolute atomic E-state index is 0.252. The van der Waals surface area contributed by atoms with Crippen molar-refractivity contribution in [1.29, 1.82) is 0 Å². The van der Waals surface area contributed by atoms with E-state index in [9.17, 15) is 0 Å². The van der Waals surface area contributed by atoms with Gasteiger partial charge < -0.3 is 15.4 Å². The van der Waals surface area contributed by atoms with E-state index in [1.54, 1.807) is 0 Å². The fourth-order valence-corrected chi connectivity index (χ4v) is 1.55. The van der Waals surface area contributed by atoms with Gasteiger partial charge in [0.2, 0.25) is 0 Å². The maximum Gasteiger partial charge on any atom is 0.0593 e. The second kappa shape index (κ2) is 8.08. The summed E-state index contributed by atoms with van der Waals surface area (Å²) in [6.45, 7) is 14.2. The normalized spacial score (nSPS) is 15.6. The van der Waals surface area contributed by atoms with Crippen LogP contribution in [0, 0.1) is 5.41 Å². The van der Waals surface area contributed by atoms with Crippen molar-refractivity contribution in [2.24, 2.45) is 11.1 Å². The van der Waals surface area contributed by atoms with Crippen LogP contribution in [0.5, 0.6) is 0 Å². The van der Waals surface area contributed by atoms with Crippen molar-refractivity contribution in [2.45, 2.75) is 34.1 Å². The average Bonchev–Trinajstić information content (AvgIpc) is 2.27. The molecule has 2 N–H and O–H groups in total. The fourth-order valence-electron chi connectivity index (χ4n) is 1.55. The van der Waals surface area contributed by atoms with Gasteiger partial charge in [0.25, 0.3) is 0 Å². The third kappa shape index (κ3) is 6.13. The topological polar surface area (TPSA) is 38.5 Å². The van der Waals surface area contributed by atoms with Crippen LogP contribution in [0.15, 0.2) is 0 Å². The Bertz CT molecular complexity index is 147. The molecule has 0 aliphatic rings. The van der Waals surface area contributed by atoms with Crippen LogP contribution in [-0.2, 0) is 4.74 Å². The number of likely N-dealkylation sites (N-methyl/N-ethyl adjacent to an activating group) is 1. The van der Waals surface area contributed by atoms with E-state index in [0.29, 0.717) is 0 Å². The van der Waals surface area contributed by atoms with Crippen molar-refractivity contribution >= 4 is 0 Å². The molecule has 0 heterocycles. The largest absolute Gasteiger partial charge is 0.380 e. The van der Waals surface area contributed by atoms with Crippen molar-refractivity contribution in [1.82, 2.24) is 4.90 Å². The van der Waals surface area contributed by atoms with Crippen LogP contribution >= 0.6 is 0 Å². The molecule has 0 fully saturated rings. The molecule has 0 aromatic heterocycles. The van der Waals surface area contributed by atoms with Crippen LogP contribution < -0.4 is 5.73 Å². The molecule has 0 bridgehead atoms. The summed E-state index contributed by atoms with van der Waals surface area (Å²) in [5.41, 5.74) is 6.07. The number of ether oxygens (including phenoxy) is 1. The average molecular weight is 216 g/mol. The molecule has 0 aromatic carbocycles. The van der Waals surface area contributed by atoms with Crippen molar-refractivity contribution in [3.05, 3.63) is 0 Å². The Morgan fingerprint density at radius 2 is 1.93 bits per heavy atom. The second-order valence-electron chi connectivity index (χ2n) is 4.43. The van der Waals surface area contributed by atoms with Gasteiger partial charge >= 0.3 is 0 Å². The van der Waals surface area contributed by atoms with Crippen LogP contribution in [0.25, 0.3) is 0 Å². The maximum atomic E-state index is 5.82. The lowest BCUT2D eigenvalue weighted by Crippen LogP contribution is -2.41. The van der Waals surface area contributed by atoms with E-state index in [4.69, 9.17) is 10.5 Å². The highest BCUT2D eigenvalue weighted by Crippen LogP contribution is 2.20. The molecule has 0 radical (unpaired) electrons. The van der Waals surface area contributed by atoms with Gasteiger partial charge in [-0.3, -0.25) is 0 Å². The predicted molar refractivity (Wildman–Crippen MR) is 66.1 cm³/mol. The maximum absolute atomic E-state index is 5.82. The summed E-state index contributed by atoms with van der Waals surface area (Å²) >= 11 is 0. The zero-order chi connectivity index (χ0) is 11.7. The van der Waals surface area contributed by atoms with E-state index in [1.807, 2.05) is 6.92 Å². The van der Waals surface area contributed by atoms with Gasteiger partial charge in [0, 0.05) is 19.7 Å². The van der Waals surface area contributed by atoms with Crippen LogP contribution in [0.3, 0.4) is 0 Å². The quantitative estimate of drug-likeness (QED) is 0.596. The molecule has 0 aliphatic heterocycles.